The van der Waals surface area contributed by atoms with E-state index in [1.54, 1.807) is 7.11 Å². The zero-order valence-corrected chi connectivity index (χ0v) is 13.2. The van der Waals surface area contributed by atoms with Gasteiger partial charge in [0.1, 0.15) is 5.75 Å². The first-order chi connectivity index (χ1) is 10.7. The first-order valence-corrected chi connectivity index (χ1v) is 7.77. The van der Waals surface area contributed by atoms with Gasteiger partial charge in [-0.05, 0) is 25.1 Å². The standard InChI is InChI=1S/C17H23NO4/c1-3-22-15-6-4-5-13(7-15)16(19)18-8-14-9-21-12-17(14,10-18)11-20-2/h4-7,14H,3,8-12H2,1-2H3/t14-,17-/m0/s1. The summed E-state index contributed by atoms with van der Waals surface area (Å²) in [6.45, 7) is 5.99. The summed E-state index contributed by atoms with van der Waals surface area (Å²) in [5.74, 6) is 1.17. The topological polar surface area (TPSA) is 48.0 Å². The van der Waals surface area contributed by atoms with Gasteiger partial charge in [-0.2, -0.15) is 0 Å². The molecule has 1 aromatic rings. The molecule has 0 spiro atoms. The molecule has 2 saturated heterocycles. The Morgan fingerprint density at radius 1 is 1.50 bits per heavy atom. The van der Waals surface area contributed by atoms with Crippen molar-refractivity contribution in [2.24, 2.45) is 11.3 Å². The lowest BCUT2D eigenvalue weighted by Gasteiger charge is -2.26. The predicted octanol–water partition coefficient (Wildman–Crippen LogP) is 1.82. The summed E-state index contributed by atoms with van der Waals surface area (Å²) in [4.78, 5) is 14.7. The van der Waals surface area contributed by atoms with E-state index < -0.39 is 0 Å². The van der Waals surface area contributed by atoms with E-state index in [1.807, 2.05) is 36.1 Å². The van der Waals surface area contributed by atoms with E-state index in [2.05, 4.69) is 0 Å². The molecule has 2 fully saturated rings. The van der Waals surface area contributed by atoms with E-state index in [4.69, 9.17) is 14.2 Å². The maximum atomic E-state index is 12.8. The number of nitrogens with zero attached hydrogens (tertiary/aromatic N) is 1. The van der Waals surface area contributed by atoms with Crippen LogP contribution in [0.5, 0.6) is 5.75 Å². The number of amides is 1. The second kappa shape index (κ2) is 6.26. The maximum absolute atomic E-state index is 12.8. The Hall–Kier alpha value is -1.59. The largest absolute Gasteiger partial charge is 0.494 e. The van der Waals surface area contributed by atoms with Crippen LogP contribution in [0.25, 0.3) is 0 Å². The zero-order valence-electron chi connectivity index (χ0n) is 13.2. The minimum atomic E-state index is -0.0397. The third-order valence-electron chi connectivity index (χ3n) is 4.63. The van der Waals surface area contributed by atoms with Crippen LogP contribution in [0.1, 0.15) is 17.3 Å². The molecule has 5 heteroatoms. The molecule has 22 heavy (non-hydrogen) atoms. The van der Waals surface area contributed by atoms with E-state index in [0.29, 0.717) is 44.5 Å². The van der Waals surface area contributed by atoms with Crippen molar-refractivity contribution in [3.8, 4) is 5.75 Å². The van der Waals surface area contributed by atoms with Crippen LogP contribution in [0.3, 0.4) is 0 Å². The Balaban J connectivity index is 1.75. The number of rotatable bonds is 5. The average molecular weight is 305 g/mol. The number of methoxy groups -OCH3 is 1. The Bertz CT molecular complexity index is 547. The average Bonchev–Trinajstić information content (AvgIpc) is 3.04. The molecule has 1 amide bonds. The van der Waals surface area contributed by atoms with Crippen LogP contribution >= 0.6 is 0 Å². The van der Waals surface area contributed by atoms with Crippen molar-refractivity contribution in [3.05, 3.63) is 29.8 Å². The highest BCUT2D eigenvalue weighted by atomic mass is 16.5. The van der Waals surface area contributed by atoms with Crippen molar-refractivity contribution < 1.29 is 19.0 Å². The van der Waals surface area contributed by atoms with Crippen molar-refractivity contribution >= 4 is 5.91 Å². The summed E-state index contributed by atoms with van der Waals surface area (Å²) in [7, 11) is 1.71. The predicted molar refractivity (Wildman–Crippen MR) is 82.1 cm³/mol. The lowest BCUT2D eigenvalue weighted by molar-refractivity contribution is 0.0489. The molecule has 0 radical (unpaired) electrons. The summed E-state index contributed by atoms with van der Waals surface area (Å²) in [6.07, 6.45) is 0. The molecule has 0 unspecified atom stereocenters. The first kappa shape index (κ1) is 15.3. The highest BCUT2D eigenvalue weighted by Gasteiger charge is 2.51. The monoisotopic (exact) mass is 305 g/mol. The van der Waals surface area contributed by atoms with Crippen LogP contribution in [0.15, 0.2) is 24.3 Å². The van der Waals surface area contributed by atoms with Crippen LogP contribution in [0, 0.1) is 11.3 Å². The highest BCUT2D eigenvalue weighted by Crippen LogP contribution is 2.41. The summed E-state index contributed by atoms with van der Waals surface area (Å²) in [6, 6.07) is 7.40. The molecule has 0 saturated carbocycles. The molecule has 2 aliphatic heterocycles. The number of hydrogen-bond acceptors (Lipinski definition) is 4. The van der Waals surface area contributed by atoms with Gasteiger partial charge < -0.3 is 19.1 Å². The van der Waals surface area contributed by atoms with Gasteiger partial charge in [-0.3, -0.25) is 4.79 Å². The van der Waals surface area contributed by atoms with E-state index in [-0.39, 0.29) is 11.3 Å². The molecule has 2 atom stereocenters. The number of benzene rings is 1. The molecular weight excluding hydrogens is 282 g/mol. The van der Waals surface area contributed by atoms with Gasteiger partial charge in [0.2, 0.25) is 0 Å². The normalized spacial score (nSPS) is 27.0. The fraction of sp³-hybridized carbons (Fsp3) is 0.588. The Kier molecular flexibility index (Phi) is 4.36. The third-order valence-corrected chi connectivity index (χ3v) is 4.63. The van der Waals surface area contributed by atoms with E-state index in [9.17, 15) is 4.79 Å². The molecule has 3 rings (SSSR count). The van der Waals surface area contributed by atoms with Crippen LogP contribution in [-0.4, -0.2) is 57.4 Å². The molecule has 0 bridgehead atoms. The van der Waals surface area contributed by atoms with Gasteiger partial charge in [-0.15, -0.1) is 0 Å². The zero-order chi connectivity index (χ0) is 15.6. The molecule has 0 aliphatic carbocycles. The minimum absolute atomic E-state index is 0.0397. The second-order valence-electron chi connectivity index (χ2n) is 6.15. The van der Waals surface area contributed by atoms with E-state index >= 15 is 0 Å². The van der Waals surface area contributed by atoms with Crippen LogP contribution in [0.4, 0.5) is 0 Å². The number of carbonyl (C=O) groups excluding carboxylic acids is 1. The van der Waals surface area contributed by atoms with Crippen molar-refractivity contribution in [1.82, 2.24) is 4.90 Å². The van der Waals surface area contributed by atoms with Gasteiger partial charge in [0, 0.05) is 37.1 Å². The van der Waals surface area contributed by atoms with Crippen LogP contribution < -0.4 is 4.74 Å². The molecule has 120 valence electrons. The molecular formula is C17H23NO4. The van der Waals surface area contributed by atoms with Gasteiger partial charge in [0.05, 0.1) is 26.4 Å². The van der Waals surface area contributed by atoms with Gasteiger partial charge in [0.15, 0.2) is 0 Å². The Morgan fingerprint density at radius 2 is 2.36 bits per heavy atom. The van der Waals surface area contributed by atoms with Crippen molar-refractivity contribution in [2.75, 3.05) is 46.6 Å². The quantitative estimate of drug-likeness (QED) is 0.832. The number of ether oxygens (including phenoxy) is 3. The summed E-state index contributed by atoms with van der Waals surface area (Å²) < 4.78 is 16.5. The highest BCUT2D eigenvalue weighted by molar-refractivity contribution is 5.94. The summed E-state index contributed by atoms with van der Waals surface area (Å²) in [5, 5.41) is 0. The third kappa shape index (κ3) is 2.71. The molecule has 0 N–H and O–H groups in total. The number of hydrogen-bond donors (Lipinski definition) is 0. The summed E-state index contributed by atoms with van der Waals surface area (Å²) >= 11 is 0. The van der Waals surface area contributed by atoms with Crippen molar-refractivity contribution in [2.45, 2.75) is 6.92 Å². The fourth-order valence-corrected chi connectivity index (χ4v) is 3.55. The fourth-order valence-electron chi connectivity index (χ4n) is 3.55. The van der Waals surface area contributed by atoms with Gasteiger partial charge >= 0.3 is 0 Å². The van der Waals surface area contributed by atoms with Crippen LogP contribution in [-0.2, 0) is 9.47 Å². The van der Waals surface area contributed by atoms with Crippen molar-refractivity contribution in [3.63, 3.8) is 0 Å². The Morgan fingerprint density at radius 3 is 3.14 bits per heavy atom. The van der Waals surface area contributed by atoms with E-state index in [0.717, 1.165) is 12.3 Å². The number of carbonyl (C=O) groups is 1. The number of fused-ring (bicyclic) bond motifs is 1. The minimum Gasteiger partial charge on any atom is -0.494 e. The lowest BCUT2D eigenvalue weighted by Crippen LogP contribution is -2.37. The lowest BCUT2D eigenvalue weighted by atomic mass is 9.82. The molecule has 0 aromatic heterocycles. The van der Waals surface area contributed by atoms with Gasteiger partial charge in [-0.1, -0.05) is 6.07 Å². The van der Waals surface area contributed by atoms with Crippen LogP contribution in [0.2, 0.25) is 0 Å². The molecule has 2 heterocycles. The first-order valence-electron chi connectivity index (χ1n) is 7.77. The molecule has 5 nitrogen and oxygen atoms in total. The SMILES string of the molecule is CCOc1cccc(C(=O)N2C[C@H]3COC[C@@]3(COC)C2)c1. The maximum Gasteiger partial charge on any atom is 0.254 e. The number of likely N-dealkylation sites (tertiary alicyclic amines) is 1. The molecule has 1 aromatic carbocycles. The Labute approximate surface area is 131 Å². The second-order valence-corrected chi connectivity index (χ2v) is 6.15. The summed E-state index contributed by atoms with van der Waals surface area (Å²) in [5.41, 5.74) is 0.640. The smallest absolute Gasteiger partial charge is 0.254 e. The van der Waals surface area contributed by atoms with Gasteiger partial charge in [0.25, 0.3) is 5.91 Å². The van der Waals surface area contributed by atoms with Gasteiger partial charge in [-0.25, -0.2) is 0 Å². The van der Waals surface area contributed by atoms with E-state index in [1.165, 1.54) is 0 Å². The van der Waals surface area contributed by atoms with Crippen molar-refractivity contribution in [1.29, 1.82) is 0 Å². The molecule has 2 aliphatic rings.